The molecule has 2 nitrogen and oxygen atoms in total. The van der Waals surface area contributed by atoms with Crippen LogP contribution in [0.2, 0.25) is 0 Å². The van der Waals surface area contributed by atoms with Gasteiger partial charge in [0.05, 0.1) is 12.7 Å². The first-order valence-corrected chi connectivity index (χ1v) is 6.80. The molecule has 0 bridgehead atoms. The summed E-state index contributed by atoms with van der Waals surface area (Å²) in [6, 6.07) is 16.5. The van der Waals surface area contributed by atoms with E-state index >= 15 is 0 Å². The Hall–Kier alpha value is -1.80. The lowest BCUT2D eigenvalue weighted by molar-refractivity contribution is 0.167. The number of hydrogen-bond acceptors (Lipinski definition) is 2. The van der Waals surface area contributed by atoms with Gasteiger partial charge in [-0.05, 0) is 42.5 Å². The van der Waals surface area contributed by atoms with Crippen molar-refractivity contribution in [2.24, 2.45) is 0 Å². The SMILES string of the molecule is O[C@@H]1CCCOc2ccc(Cc3ccccc3)cc21. The van der Waals surface area contributed by atoms with Crippen molar-refractivity contribution in [2.75, 3.05) is 6.61 Å². The highest BCUT2D eigenvalue weighted by molar-refractivity contribution is 5.41. The Morgan fingerprint density at radius 1 is 1.05 bits per heavy atom. The molecule has 2 aromatic rings. The van der Waals surface area contributed by atoms with Crippen LogP contribution in [0.3, 0.4) is 0 Å². The van der Waals surface area contributed by atoms with Gasteiger partial charge in [0, 0.05) is 5.56 Å². The third kappa shape index (κ3) is 2.79. The van der Waals surface area contributed by atoms with Gasteiger partial charge >= 0.3 is 0 Å². The topological polar surface area (TPSA) is 29.5 Å². The molecule has 0 spiro atoms. The molecule has 0 unspecified atom stereocenters. The summed E-state index contributed by atoms with van der Waals surface area (Å²) in [5.74, 6) is 0.835. The highest BCUT2D eigenvalue weighted by Gasteiger charge is 2.17. The van der Waals surface area contributed by atoms with Crippen molar-refractivity contribution < 1.29 is 9.84 Å². The van der Waals surface area contributed by atoms with Crippen molar-refractivity contribution in [2.45, 2.75) is 25.4 Å². The molecule has 0 aliphatic carbocycles. The largest absolute Gasteiger partial charge is 0.493 e. The molecular formula is C17H18O2. The molecular weight excluding hydrogens is 236 g/mol. The molecule has 1 atom stereocenters. The minimum atomic E-state index is -0.395. The number of ether oxygens (including phenoxy) is 1. The summed E-state index contributed by atoms with van der Waals surface area (Å²) in [4.78, 5) is 0. The lowest BCUT2D eigenvalue weighted by atomic mass is 9.98. The van der Waals surface area contributed by atoms with Gasteiger partial charge < -0.3 is 9.84 Å². The zero-order valence-electron chi connectivity index (χ0n) is 10.9. The smallest absolute Gasteiger partial charge is 0.125 e. The third-order valence-corrected chi connectivity index (χ3v) is 3.56. The monoisotopic (exact) mass is 254 g/mol. The van der Waals surface area contributed by atoms with Crippen LogP contribution in [0.5, 0.6) is 5.75 Å². The second-order valence-corrected chi connectivity index (χ2v) is 5.04. The fraction of sp³-hybridized carbons (Fsp3) is 0.294. The van der Waals surface area contributed by atoms with E-state index in [2.05, 4.69) is 36.4 Å². The van der Waals surface area contributed by atoms with Gasteiger partial charge in [0.25, 0.3) is 0 Å². The molecule has 3 rings (SSSR count). The van der Waals surface area contributed by atoms with Gasteiger partial charge in [-0.15, -0.1) is 0 Å². The molecule has 1 N–H and O–H groups in total. The fourth-order valence-corrected chi connectivity index (χ4v) is 2.55. The molecule has 0 saturated heterocycles. The summed E-state index contributed by atoms with van der Waals surface area (Å²) in [6.07, 6.45) is 2.18. The Morgan fingerprint density at radius 3 is 2.74 bits per heavy atom. The van der Waals surface area contributed by atoms with E-state index in [0.717, 1.165) is 30.6 Å². The average molecular weight is 254 g/mol. The predicted octanol–water partition coefficient (Wildman–Crippen LogP) is 3.48. The van der Waals surface area contributed by atoms with Crippen molar-refractivity contribution in [1.82, 2.24) is 0 Å². The Labute approximate surface area is 113 Å². The van der Waals surface area contributed by atoms with Crippen molar-refractivity contribution >= 4 is 0 Å². The van der Waals surface area contributed by atoms with Crippen LogP contribution in [0.1, 0.15) is 35.6 Å². The normalized spacial score (nSPS) is 18.3. The lowest BCUT2D eigenvalue weighted by Crippen LogP contribution is -1.98. The molecule has 0 radical (unpaired) electrons. The highest BCUT2D eigenvalue weighted by atomic mass is 16.5. The maximum absolute atomic E-state index is 10.2. The summed E-state index contributed by atoms with van der Waals surface area (Å²) < 4.78 is 5.66. The van der Waals surface area contributed by atoms with Gasteiger partial charge in [-0.3, -0.25) is 0 Å². The quantitative estimate of drug-likeness (QED) is 0.889. The van der Waals surface area contributed by atoms with E-state index in [1.807, 2.05) is 12.1 Å². The number of fused-ring (bicyclic) bond motifs is 1. The van der Waals surface area contributed by atoms with Gasteiger partial charge in [0.1, 0.15) is 5.75 Å². The molecule has 0 aromatic heterocycles. The van der Waals surface area contributed by atoms with E-state index < -0.39 is 6.10 Å². The van der Waals surface area contributed by atoms with Crippen LogP contribution in [0.4, 0.5) is 0 Å². The van der Waals surface area contributed by atoms with E-state index in [4.69, 9.17) is 4.74 Å². The number of benzene rings is 2. The average Bonchev–Trinajstić information content (AvgIpc) is 2.62. The minimum absolute atomic E-state index is 0.395. The van der Waals surface area contributed by atoms with Gasteiger partial charge in [-0.2, -0.15) is 0 Å². The molecule has 1 heterocycles. The molecule has 2 heteroatoms. The zero-order valence-corrected chi connectivity index (χ0v) is 10.9. The van der Waals surface area contributed by atoms with E-state index in [9.17, 15) is 5.11 Å². The maximum Gasteiger partial charge on any atom is 0.125 e. The van der Waals surface area contributed by atoms with E-state index in [1.165, 1.54) is 11.1 Å². The second kappa shape index (κ2) is 5.45. The Balaban J connectivity index is 1.88. The Morgan fingerprint density at radius 2 is 1.89 bits per heavy atom. The first-order valence-electron chi connectivity index (χ1n) is 6.80. The summed E-state index contributed by atoms with van der Waals surface area (Å²) in [5.41, 5.74) is 3.44. The van der Waals surface area contributed by atoms with Crippen LogP contribution in [-0.2, 0) is 6.42 Å². The first kappa shape index (κ1) is 12.2. The third-order valence-electron chi connectivity index (χ3n) is 3.56. The number of hydrogen-bond donors (Lipinski definition) is 1. The van der Waals surface area contributed by atoms with Gasteiger partial charge in [0.15, 0.2) is 0 Å². The first-order chi connectivity index (χ1) is 9.33. The maximum atomic E-state index is 10.2. The predicted molar refractivity (Wildman–Crippen MR) is 75.4 cm³/mol. The molecule has 1 aliphatic heterocycles. The lowest BCUT2D eigenvalue weighted by Gasteiger charge is -2.13. The van der Waals surface area contributed by atoms with Gasteiger partial charge in [-0.25, -0.2) is 0 Å². The molecule has 1 aliphatic rings. The molecule has 19 heavy (non-hydrogen) atoms. The highest BCUT2D eigenvalue weighted by Crippen LogP contribution is 2.32. The molecule has 0 amide bonds. The minimum Gasteiger partial charge on any atom is -0.493 e. The standard InChI is InChI=1S/C17H18O2/c18-16-7-4-10-19-17-9-8-14(12-15(16)17)11-13-5-2-1-3-6-13/h1-3,5-6,8-9,12,16,18H,4,7,10-11H2/t16-/m1/s1. The molecule has 0 fully saturated rings. The van der Waals surface area contributed by atoms with E-state index in [-0.39, 0.29) is 0 Å². The molecule has 0 saturated carbocycles. The number of aliphatic hydroxyl groups is 1. The van der Waals surface area contributed by atoms with Crippen LogP contribution >= 0.6 is 0 Å². The number of rotatable bonds is 2. The summed E-state index contributed by atoms with van der Waals surface area (Å²) in [5, 5.41) is 10.2. The zero-order chi connectivity index (χ0) is 13.1. The summed E-state index contributed by atoms with van der Waals surface area (Å²) in [6.45, 7) is 0.697. The van der Waals surface area contributed by atoms with Crippen molar-refractivity contribution in [3.05, 3.63) is 65.2 Å². The summed E-state index contributed by atoms with van der Waals surface area (Å²) >= 11 is 0. The Kier molecular flexibility index (Phi) is 3.51. The second-order valence-electron chi connectivity index (χ2n) is 5.04. The van der Waals surface area contributed by atoms with E-state index in [1.54, 1.807) is 0 Å². The van der Waals surface area contributed by atoms with Crippen molar-refractivity contribution in [1.29, 1.82) is 0 Å². The van der Waals surface area contributed by atoms with Gasteiger partial charge in [0.2, 0.25) is 0 Å². The van der Waals surface area contributed by atoms with Gasteiger partial charge in [-0.1, -0.05) is 36.4 Å². The van der Waals surface area contributed by atoms with Crippen LogP contribution in [-0.4, -0.2) is 11.7 Å². The van der Waals surface area contributed by atoms with Crippen LogP contribution < -0.4 is 4.74 Å². The fourth-order valence-electron chi connectivity index (χ4n) is 2.55. The summed E-state index contributed by atoms with van der Waals surface area (Å²) in [7, 11) is 0. The van der Waals surface area contributed by atoms with Crippen molar-refractivity contribution in [3.8, 4) is 5.75 Å². The molecule has 98 valence electrons. The van der Waals surface area contributed by atoms with E-state index in [0.29, 0.717) is 6.61 Å². The van der Waals surface area contributed by atoms with Crippen molar-refractivity contribution in [3.63, 3.8) is 0 Å². The molecule has 2 aromatic carbocycles. The van der Waals surface area contributed by atoms with Crippen LogP contribution in [0, 0.1) is 0 Å². The van der Waals surface area contributed by atoms with Crippen LogP contribution in [0.15, 0.2) is 48.5 Å². The number of aliphatic hydroxyl groups excluding tert-OH is 1. The van der Waals surface area contributed by atoms with Crippen LogP contribution in [0.25, 0.3) is 0 Å². The Bertz CT molecular complexity index is 548.